The SMILES string of the molecule is CCC(C)(CO)C1OCC(C)(C)CO1. The first-order valence-electron chi connectivity index (χ1n) is 5.27. The number of rotatable bonds is 3. The first-order valence-corrected chi connectivity index (χ1v) is 5.27. The molecule has 3 nitrogen and oxygen atoms in total. The van der Waals surface area contributed by atoms with Gasteiger partial charge in [0.1, 0.15) is 0 Å². The third kappa shape index (κ3) is 2.47. The molecule has 1 N–H and O–H groups in total. The van der Waals surface area contributed by atoms with Gasteiger partial charge in [0.05, 0.1) is 19.8 Å². The van der Waals surface area contributed by atoms with Crippen LogP contribution in [0.3, 0.4) is 0 Å². The highest BCUT2D eigenvalue weighted by atomic mass is 16.7. The van der Waals surface area contributed by atoms with E-state index >= 15 is 0 Å². The summed E-state index contributed by atoms with van der Waals surface area (Å²) in [5, 5.41) is 9.31. The molecular formula is C11H22O3. The molecule has 0 spiro atoms. The molecule has 1 saturated heterocycles. The van der Waals surface area contributed by atoms with E-state index in [0.717, 1.165) is 6.42 Å². The Balaban J connectivity index is 2.56. The highest BCUT2D eigenvalue weighted by Crippen LogP contribution is 2.34. The molecule has 1 unspecified atom stereocenters. The molecule has 1 atom stereocenters. The Morgan fingerprint density at radius 1 is 1.36 bits per heavy atom. The molecule has 1 heterocycles. The van der Waals surface area contributed by atoms with E-state index in [1.54, 1.807) is 0 Å². The second-order valence-electron chi connectivity index (χ2n) is 5.28. The molecule has 84 valence electrons. The fraction of sp³-hybridized carbons (Fsp3) is 1.00. The summed E-state index contributed by atoms with van der Waals surface area (Å²) < 4.78 is 11.3. The van der Waals surface area contributed by atoms with Crippen LogP contribution in [0.2, 0.25) is 0 Å². The lowest BCUT2D eigenvalue weighted by Gasteiger charge is -2.42. The molecule has 0 aromatic heterocycles. The predicted molar refractivity (Wildman–Crippen MR) is 55.0 cm³/mol. The van der Waals surface area contributed by atoms with E-state index in [0.29, 0.717) is 13.2 Å². The van der Waals surface area contributed by atoms with E-state index in [-0.39, 0.29) is 23.7 Å². The van der Waals surface area contributed by atoms with Crippen LogP contribution in [-0.4, -0.2) is 31.2 Å². The standard InChI is InChI=1S/C11H22O3/c1-5-11(4,6-12)9-13-7-10(2,3)8-14-9/h9,12H,5-8H2,1-4H3. The van der Waals surface area contributed by atoms with Gasteiger partial charge >= 0.3 is 0 Å². The third-order valence-corrected chi connectivity index (χ3v) is 2.99. The quantitative estimate of drug-likeness (QED) is 0.758. The largest absolute Gasteiger partial charge is 0.396 e. The number of hydrogen-bond donors (Lipinski definition) is 1. The van der Waals surface area contributed by atoms with Gasteiger partial charge in [-0.2, -0.15) is 0 Å². The summed E-state index contributed by atoms with van der Waals surface area (Å²) in [5.74, 6) is 0. The molecule has 3 heteroatoms. The maximum absolute atomic E-state index is 9.31. The van der Waals surface area contributed by atoms with Crippen molar-refractivity contribution in [3.05, 3.63) is 0 Å². The van der Waals surface area contributed by atoms with Gasteiger partial charge in [0, 0.05) is 10.8 Å². The fourth-order valence-electron chi connectivity index (χ4n) is 1.45. The van der Waals surface area contributed by atoms with Gasteiger partial charge in [-0.15, -0.1) is 0 Å². The maximum atomic E-state index is 9.31. The van der Waals surface area contributed by atoms with Gasteiger partial charge < -0.3 is 14.6 Å². The second-order valence-corrected chi connectivity index (χ2v) is 5.28. The van der Waals surface area contributed by atoms with E-state index in [9.17, 15) is 5.11 Å². The van der Waals surface area contributed by atoms with Gasteiger partial charge in [-0.3, -0.25) is 0 Å². The van der Waals surface area contributed by atoms with Gasteiger partial charge in [-0.05, 0) is 6.42 Å². The maximum Gasteiger partial charge on any atom is 0.165 e. The van der Waals surface area contributed by atoms with Crippen molar-refractivity contribution >= 4 is 0 Å². The highest BCUT2D eigenvalue weighted by Gasteiger charge is 2.39. The van der Waals surface area contributed by atoms with Crippen molar-refractivity contribution in [3.8, 4) is 0 Å². The van der Waals surface area contributed by atoms with Crippen molar-refractivity contribution in [1.29, 1.82) is 0 Å². The van der Waals surface area contributed by atoms with Crippen molar-refractivity contribution in [1.82, 2.24) is 0 Å². The van der Waals surface area contributed by atoms with Crippen molar-refractivity contribution in [3.63, 3.8) is 0 Å². The lowest BCUT2D eigenvalue weighted by atomic mass is 9.86. The zero-order valence-electron chi connectivity index (χ0n) is 9.67. The first-order chi connectivity index (χ1) is 6.43. The average Bonchev–Trinajstić information content (AvgIpc) is 2.16. The molecule has 1 aliphatic rings. The van der Waals surface area contributed by atoms with Crippen molar-refractivity contribution < 1.29 is 14.6 Å². The molecule has 0 aliphatic carbocycles. The lowest BCUT2D eigenvalue weighted by Crippen LogP contribution is -2.47. The molecule has 1 fully saturated rings. The molecule has 0 radical (unpaired) electrons. The number of aliphatic hydroxyl groups is 1. The van der Waals surface area contributed by atoms with E-state index in [1.165, 1.54) is 0 Å². The van der Waals surface area contributed by atoms with E-state index in [4.69, 9.17) is 9.47 Å². The molecule has 0 amide bonds. The summed E-state index contributed by atoms with van der Waals surface area (Å²) in [6.45, 7) is 9.78. The van der Waals surface area contributed by atoms with Crippen molar-refractivity contribution in [2.75, 3.05) is 19.8 Å². The Kier molecular flexibility index (Phi) is 3.56. The van der Waals surface area contributed by atoms with Crippen LogP contribution in [0.1, 0.15) is 34.1 Å². The van der Waals surface area contributed by atoms with Crippen LogP contribution in [0, 0.1) is 10.8 Å². The molecule has 0 aromatic carbocycles. The Bertz CT molecular complexity index is 175. The van der Waals surface area contributed by atoms with Crippen LogP contribution in [0.15, 0.2) is 0 Å². The summed E-state index contributed by atoms with van der Waals surface area (Å²) in [7, 11) is 0. The highest BCUT2D eigenvalue weighted by molar-refractivity contribution is 4.81. The average molecular weight is 202 g/mol. The number of ether oxygens (including phenoxy) is 2. The molecule has 14 heavy (non-hydrogen) atoms. The summed E-state index contributed by atoms with van der Waals surface area (Å²) in [6, 6.07) is 0. The van der Waals surface area contributed by atoms with Gasteiger partial charge in [0.15, 0.2) is 6.29 Å². The van der Waals surface area contributed by atoms with Crippen molar-refractivity contribution in [2.45, 2.75) is 40.4 Å². The van der Waals surface area contributed by atoms with Crippen molar-refractivity contribution in [2.24, 2.45) is 10.8 Å². The predicted octanol–water partition coefficient (Wildman–Crippen LogP) is 1.79. The van der Waals surface area contributed by atoms with Crippen LogP contribution >= 0.6 is 0 Å². The van der Waals surface area contributed by atoms with Crippen LogP contribution in [0.4, 0.5) is 0 Å². The van der Waals surface area contributed by atoms with E-state index < -0.39 is 0 Å². The van der Waals surface area contributed by atoms with E-state index in [1.807, 2.05) is 13.8 Å². The minimum Gasteiger partial charge on any atom is -0.396 e. The lowest BCUT2D eigenvalue weighted by molar-refractivity contribution is -0.272. The Hall–Kier alpha value is -0.120. The first kappa shape index (κ1) is 12.0. The van der Waals surface area contributed by atoms with Gasteiger partial charge in [0.2, 0.25) is 0 Å². The van der Waals surface area contributed by atoms with Crippen LogP contribution < -0.4 is 0 Å². The van der Waals surface area contributed by atoms with Gasteiger partial charge in [-0.25, -0.2) is 0 Å². The topological polar surface area (TPSA) is 38.7 Å². The van der Waals surface area contributed by atoms with Gasteiger partial charge in [-0.1, -0.05) is 27.7 Å². The number of aliphatic hydroxyl groups excluding tert-OH is 1. The third-order valence-electron chi connectivity index (χ3n) is 2.99. The zero-order valence-corrected chi connectivity index (χ0v) is 9.67. The second kappa shape index (κ2) is 4.17. The Morgan fingerprint density at radius 2 is 1.86 bits per heavy atom. The summed E-state index contributed by atoms with van der Waals surface area (Å²) >= 11 is 0. The minimum atomic E-state index is -0.267. The Morgan fingerprint density at radius 3 is 2.21 bits per heavy atom. The molecule has 1 rings (SSSR count). The molecule has 0 aromatic rings. The summed E-state index contributed by atoms with van der Waals surface area (Å²) in [6.07, 6.45) is 0.597. The smallest absolute Gasteiger partial charge is 0.165 e. The van der Waals surface area contributed by atoms with Crippen LogP contribution in [0.5, 0.6) is 0 Å². The minimum absolute atomic E-state index is 0.0978. The van der Waals surface area contributed by atoms with Gasteiger partial charge in [0.25, 0.3) is 0 Å². The Labute approximate surface area is 86.4 Å². The fourth-order valence-corrected chi connectivity index (χ4v) is 1.45. The normalized spacial score (nSPS) is 27.2. The molecular weight excluding hydrogens is 180 g/mol. The number of hydrogen-bond acceptors (Lipinski definition) is 3. The summed E-state index contributed by atoms with van der Waals surface area (Å²) in [5.41, 5.74) is -0.170. The van der Waals surface area contributed by atoms with Crippen LogP contribution in [0.25, 0.3) is 0 Å². The molecule has 0 bridgehead atoms. The molecule has 1 aliphatic heterocycles. The van der Waals surface area contributed by atoms with Crippen LogP contribution in [-0.2, 0) is 9.47 Å². The zero-order chi connectivity index (χ0) is 10.8. The van der Waals surface area contributed by atoms with E-state index in [2.05, 4.69) is 13.8 Å². The molecule has 0 saturated carbocycles. The monoisotopic (exact) mass is 202 g/mol. The summed E-state index contributed by atoms with van der Waals surface area (Å²) in [4.78, 5) is 0.